The van der Waals surface area contributed by atoms with Crippen LogP contribution < -0.4 is 10.2 Å². The molecule has 2 aromatic rings. The second kappa shape index (κ2) is 11.4. The molecule has 2 atom stereocenters. The summed E-state index contributed by atoms with van der Waals surface area (Å²) in [7, 11) is 0. The van der Waals surface area contributed by atoms with Crippen molar-refractivity contribution in [3.63, 3.8) is 0 Å². The molecule has 0 heterocycles. The second-order valence-electron chi connectivity index (χ2n) is 12.3. The lowest BCUT2D eigenvalue weighted by Gasteiger charge is -2.61. The van der Waals surface area contributed by atoms with E-state index in [1.54, 1.807) is 6.21 Å². The van der Waals surface area contributed by atoms with Crippen LogP contribution in [-0.2, 0) is 10.2 Å². The summed E-state index contributed by atoms with van der Waals surface area (Å²) in [4.78, 5) is 13.6. The highest BCUT2D eigenvalue weighted by Gasteiger charge is 2.60. The van der Waals surface area contributed by atoms with E-state index in [9.17, 15) is 4.79 Å². The summed E-state index contributed by atoms with van der Waals surface area (Å²) in [5.41, 5.74) is 6.52. The predicted octanol–water partition coefficient (Wildman–Crippen LogP) is 7.72. The monoisotopic (exact) mass is 500 g/mol. The first-order chi connectivity index (χ1) is 18.0. The van der Waals surface area contributed by atoms with Gasteiger partial charge in [-0.2, -0.15) is 5.10 Å². The van der Waals surface area contributed by atoms with E-state index in [0.717, 1.165) is 43.6 Å². The van der Waals surface area contributed by atoms with Gasteiger partial charge in [-0.25, -0.2) is 5.43 Å². The number of nitrogens with one attached hydrogen (secondary N) is 1. The summed E-state index contributed by atoms with van der Waals surface area (Å²) >= 11 is 0. The number of rotatable bonds is 12. The maximum absolute atomic E-state index is 13.6. The van der Waals surface area contributed by atoms with Gasteiger partial charge in [-0.1, -0.05) is 68.9 Å². The Bertz CT molecular complexity index is 1060. The highest BCUT2D eigenvalue weighted by Crippen LogP contribution is 2.65. The molecule has 0 spiro atoms. The van der Waals surface area contributed by atoms with Gasteiger partial charge in [0.1, 0.15) is 5.75 Å². The van der Waals surface area contributed by atoms with Crippen molar-refractivity contribution in [1.29, 1.82) is 0 Å². The number of hydrogen-bond acceptors (Lipinski definition) is 3. The van der Waals surface area contributed by atoms with E-state index in [-0.39, 0.29) is 16.7 Å². The van der Waals surface area contributed by atoms with Crippen molar-refractivity contribution in [2.24, 2.45) is 22.4 Å². The fraction of sp³-hybridized carbons (Fsp3) is 0.576. The molecule has 1 amide bonds. The van der Waals surface area contributed by atoms with Gasteiger partial charge in [0.2, 0.25) is 5.91 Å². The molecule has 6 rings (SSSR count). The Hall–Kier alpha value is -2.62. The van der Waals surface area contributed by atoms with Gasteiger partial charge in [0, 0.05) is 0 Å². The zero-order chi connectivity index (χ0) is 25.7. The van der Waals surface area contributed by atoms with E-state index >= 15 is 0 Å². The van der Waals surface area contributed by atoms with Crippen molar-refractivity contribution in [1.82, 2.24) is 5.43 Å². The van der Waals surface area contributed by atoms with Crippen LogP contribution in [0.4, 0.5) is 0 Å². The number of carbonyl (C=O) groups excluding carboxylic acids is 1. The van der Waals surface area contributed by atoms with Gasteiger partial charge in [0.05, 0.1) is 18.2 Å². The number of benzene rings is 2. The van der Waals surface area contributed by atoms with Gasteiger partial charge in [-0.05, 0) is 105 Å². The predicted molar refractivity (Wildman–Crippen MR) is 151 cm³/mol. The summed E-state index contributed by atoms with van der Waals surface area (Å²) in [5.74, 6) is 2.32. The maximum Gasteiger partial charge on any atom is 0.246 e. The molecular weight excluding hydrogens is 456 g/mol. The van der Waals surface area contributed by atoms with E-state index < -0.39 is 0 Å². The van der Waals surface area contributed by atoms with Crippen molar-refractivity contribution in [2.75, 3.05) is 6.61 Å². The van der Waals surface area contributed by atoms with Crippen LogP contribution in [0.3, 0.4) is 0 Å². The van der Waals surface area contributed by atoms with Crippen LogP contribution in [0.5, 0.6) is 5.75 Å². The fourth-order valence-electron chi connectivity index (χ4n) is 7.78. The largest absolute Gasteiger partial charge is 0.494 e. The Morgan fingerprint density at radius 2 is 1.62 bits per heavy atom. The third kappa shape index (κ3) is 5.94. The van der Waals surface area contributed by atoms with Gasteiger partial charge in [0.15, 0.2) is 0 Å². The van der Waals surface area contributed by atoms with Gasteiger partial charge in [0.25, 0.3) is 0 Å². The minimum absolute atomic E-state index is 0.119. The fourth-order valence-corrected chi connectivity index (χ4v) is 7.78. The molecule has 2 unspecified atom stereocenters. The van der Waals surface area contributed by atoms with E-state index in [1.165, 1.54) is 62.5 Å². The third-order valence-electron chi connectivity index (χ3n) is 9.23. The Kier molecular flexibility index (Phi) is 8.02. The number of aryl methyl sites for hydroxylation is 1. The SMILES string of the molecule is CCCCCCCCOc1ccc(C=NNC(=O)C23CC4CC(C2)CC(c2ccc(C)cc2)(C4)C3)cc1. The Morgan fingerprint density at radius 1 is 0.946 bits per heavy atom. The second-order valence-corrected chi connectivity index (χ2v) is 12.3. The molecule has 4 nitrogen and oxygen atoms in total. The zero-order valence-electron chi connectivity index (χ0n) is 22.8. The van der Waals surface area contributed by atoms with E-state index in [1.807, 2.05) is 24.3 Å². The number of hydrazone groups is 1. The van der Waals surface area contributed by atoms with Crippen LogP contribution >= 0.6 is 0 Å². The van der Waals surface area contributed by atoms with Gasteiger partial charge < -0.3 is 4.74 Å². The molecule has 198 valence electrons. The number of amides is 1. The molecule has 4 fully saturated rings. The lowest BCUT2D eigenvalue weighted by molar-refractivity contribution is -0.149. The highest BCUT2D eigenvalue weighted by molar-refractivity contribution is 5.86. The van der Waals surface area contributed by atoms with E-state index in [4.69, 9.17) is 4.74 Å². The maximum atomic E-state index is 13.6. The third-order valence-corrected chi connectivity index (χ3v) is 9.23. The molecule has 0 radical (unpaired) electrons. The van der Waals surface area contributed by atoms with Crippen LogP contribution in [0.15, 0.2) is 53.6 Å². The van der Waals surface area contributed by atoms with Crippen LogP contribution in [0, 0.1) is 24.2 Å². The van der Waals surface area contributed by atoms with E-state index in [0.29, 0.717) is 11.8 Å². The minimum atomic E-state index is -0.277. The van der Waals surface area contributed by atoms with Crippen molar-refractivity contribution < 1.29 is 9.53 Å². The first-order valence-electron chi connectivity index (χ1n) is 14.6. The number of nitrogens with zero attached hydrogens (tertiary/aromatic N) is 1. The first kappa shape index (κ1) is 26.0. The molecule has 37 heavy (non-hydrogen) atoms. The lowest BCUT2D eigenvalue weighted by atomic mass is 9.42. The smallest absolute Gasteiger partial charge is 0.246 e. The van der Waals surface area contributed by atoms with Crippen molar-refractivity contribution in [3.05, 3.63) is 65.2 Å². The number of unbranched alkanes of at least 4 members (excludes halogenated alkanes) is 5. The first-order valence-corrected chi connectivity index (χ1v) is 14.6. The topological polar surface area (TPSA) is 50.7 Å². The summed E-state index contributed by atoms with van der Waals surface area (Å²) < 4.78 is 5.89. The number of carbonyl (C=O) groups is 1. The molecule has 0 saturated heterocycles. The quantitative estimate of drug-likeness (QED) is 0.184. The lowest BCUT2D eigenvalue weighted by Crippen LogP contribution is -2.58. The zero-order valence-corrected chi connectivity index (χ0v) is 22.8. The molecule has 4 heteroatoms. The average Bonchev–Trinajstić information content (AvgIpc) is 2.88. The van der Waals surface area contributed by atoms with Gasteiger partial charge in [-0.15, -0.1) is 0 Å². The van der Waals surface area contributed by atoms with Crippen LogP contribution in [0.2, 0.25) is 0 Å². The van der Waals surface area contributed by atoms with Crippen molar-refractivity contribution in [3.8, 4) is 5.75 Å². The molecule has 0 aliphatic heterocycles. The standard InChI is InChI=1S/C33H44N2O2/c1-3-4-5-6-7-8-17-37-30-15-11-26(12-16-30)23-34-35-31(36)33-21-27-18-28(22-33)20-32(19-27,24-33)29-13-9-25(2)10-14-29/h9-16,23,27-28H,3-8,17-22,24H2,1-2H3,(H,35,36). The molecule has 4 aliphatic carbocycles. The van der Waals surface area contributed by atoms with E-state index in [2.05, 4.69) is 48.6 Å². The van der Waals surface area contributed by atoms with Crippen molar-refractivity contribution in [2.45, 2.75) is 96.3 Å². The van der Waals surface area contributed by atoms with Crippen LogP contribution in [0.1, 0.15) is 101 Å². The van der Waals surface area contributed by atoms with Crippen molar-refractivity contribution >= 4 is 12.1 Å². The minimum Gasteiger partial charge on any atom is -0.494 e. The molecular formula is C33H44N2O2. The average molecular weight is 501 g/mol. The number of ether oxygens (including phenoxy) is 1. The van der Waals surface area contributed by atoms with Gasteiger partial charge >= 0.3 is 0 Å². The normalized spacial score (nSPS) is 28.1. The summed E-state index contributed by atoms with van der Waals surface area (Å²) in [5, 5.41) is 4.38. The highest BCUT2D eigenvalue weighted by atomic mass is 16.5. The van der Waals surface area contributed by atoms with Gasteiger partial charge in [-0.3, -0.25) is 4.79 Å². The van der Waals surface area contributed by atoms with Crippen LogP contribution in [0.25, 0.3) is 0 Å². The Morgan fingerprint density at radius 3 is 2.32 bits per heavy atom. The Labute approximate surface area is 223 Å². The summed E-state index contributed by atoms with van der Waals surface area (Å²) in [6.45, 7) is 5.16. The molecule has 4 bridgehead atoms. The van der Waals surface area contributed by atoms with Crippen LogP contribution in [-0.4, -0.2) is 18.7 Å². The molecule has 4 aliphatic rings. The number of hydrogen-bond donors (Lipinski definition) is 1. The molecule has 4 saturated carbocycles. The Balaban J connectivity index is 1.14. The molecule has 1 N–H and O–H groups in total. The molecule has 2 aromatic carbocycles. The summed E-state index contributed by atoms with van der Waals surface area (Å²) in [6.07, 6.45) is 16.1. The summed E-state index contributed by atoms with van der Waals surface area (Å²) in [6, 6.07) is 17.1. The molecule has 0 aromatic heterocycles.